The van der Waals surface area contributed by atoms with E-state index < -0.39 is 10.8 Å². The fourth-order valence-corrected chi connectivity index (χ4v) is 5.61. The van der Waals surface area contributed by atoms with Crippen LogP contribution in [0.25, 0.3) is 0 Å². The molecule has 0 spiro atoms. The van der Waals surface area contributed by atoms with E-state index in [2.05, 4.69) is 6.92 Å². The Kier molecular flexibility index (Phi) is 5.40. The molecule has 2 fully saturated rings. The number of carbonyl (C=O) groups excluding carboxylic acids is 1. The first-order valence-corrected chi connectivity index (χ1v) is 8.92. The van der Waals surface area contributed by atoms with E-state index in [1.807, 2.05) is 0 Å². The Balaban J connectivity index is 1.79. The molecule has 2 bridgehead atoms. The SMILES string of the molecule is CCCCCCC(=O)C1CC2CCCC(C1)S2=O. The standard InChI is InChI=1S/C15H26O2S/c1-2-3-4-5-9-15(16)12-10-13-7-6-8-14(11-12)18(13)17/h12-14H,2-11H2,1H3. The summed E-state index contributed by atoms with van der Waals surface area (Å²) in [6.45, 7) is 2.19. The minimum absolute atomic E-state index is 0.236. The Labute approximate surface area is 113 Å². The van der Waals surface area contributed by atoms with Gasteiger partial charge in [0.25, 0.3) is 0 Å². The van der Waals surface area contributed by atoms with Crippen molar-refractivity contribution < 1.29 is 9.00 Å². The summed E-state index contributed by atoms with van der Waals surface area (Å²) in [5.41, 5.74) is 0. The molecule has 2 aliphatic heterocycles. The van der Waals surface area contributed by atoms with Crippen molar-refractivity contribution in [2.45, 2.75) is 81.6 Å². The topological polar surface area (TPSA) is 34.1 Å². The molecular formula is C15H26O2S. The van der Waals surface area contributed by atoms with E-state index in [1.165, 1.54) is 25.7 Å². The lowest BCUT2D eigenvalue weighted by Gasteiger charge is -2.37. The third-order valence-corrected chi connectivity index (χ3v) is 6.71. The number of hydrogen-bond donors (Lipinski definition) is 0. The van der Waals surface area contributed by atoms with E-state index in [1.54, 1.807) is 0 Å². The van der Waals surface area contributed by atoms with Gasteiger partial charge in [-0.1, -0.05) is 32.6 Å². The summed E-state index contributed by atoms with van der Waals surface area (Å²) in [7, 11) is -0.634. The van der Waals surface area contributed by atoms with E-state index in [9.17, 15) is 9.00 Å². The third-order valence-electron chi connectivity index (χ3n) is 4.54. The molecule has 0 amide bonds. The van der Waals surface area contributed by atoms with Gasteiger partial charge in [0.05, 0.1) is 0 Å². The van der Waals surface area contributed by atoms with Crippen molar-refractivity contribution in [3.05, 3.63) is 0 Å². The highest BCUT2D eigenvalue weighted by Gasteiger charge is 2.39. The molecule has 0 N–H and O–H groups in total. The van der Waals surface area contributed by atoms with Crippen molar-refractivity contribution in [1.82, 2.24) is 0 Å². The number of unbranched alkanes of at least 4 members (excludes halogenated alkanes) is 3. The van der Waals surface area contributed by atoms with Crippen LogP contribution >= 0.6 is 0 Å². The lowest BCUT2D eigenvalue weighted by molar-refractivity contribution is -0.123. The lowest BCUT2D eigenvalue weighted by atomic mass is 9.85. The number of hydrogen-bond acceptors (Lipinski definition) is 2. The van der Waals surface area contributed by atoms with E-state index >= 15 is 0 Å². The van der Waals surface area contributed by atoms with Crippen LogP contribution < -0.4 is 0 Å². The molecule has 2 heterocycles. The normalized spacial score (nSPS) is 35.4. The zero-order valence-electron chi connectivity index (χ0n) is 11.5. The summed E-state index contributed by atoms with van der Waals surface area (Å²) < 4.78 is 12.1. The maximum Gasteiger partial charge on any atom is 0.136 e. The zero-order valence-corrected chi connectivity index (χ0v) is 12.3. The van der Waals surface area contributed by atoms with Gasteiger partial charge >= 0.3 is 0 Å². The molecule has 0 aliphatic carbocycles. The van der Waals surface area contributed by atoms with Gasteiger partial charge in [0.2, 0.25) is 0 Å². The van der Waals surface area contributed by atoms with Gasteiger partial charge in [-0.05, 0) is 32.1 Å². The maximum absolute atomic E-state index is 12.2. The molecule has 2 rings (SSSR count). The van der Waals surface area contributed by atoms with Crippen molar-refractivity contribution in [3.63, 3.8) is 0 Å². The number of carbonyl (C=O) groups is 1. The fourth-order valence-electron chi connectivity index (χ4n) is 3.43. The quantitative estimate of drug-likeness (QED) is 0.691. The van der Waals surface area contributed by atoms with E-state index in [0.29, 0.717) is 16.3 Å². The summed E-state index contributed by atoms with van der Waals surface area (Å²) in [6.07, 6.45) is 10.7. The Morgan fingerprint density at radius 1 is 1.11 bits per heavy atom. The third kappa shape index (κ3) is 3.43. The van der Waals surface area contributed by atoms with Gasteiger partial charge in [-0.3, -0.25) is 9.00 Å². The molecular weight excluding hydrogens is 244 g/mol. The van der Waals surface area contributed by atoms with Crippen LogP contribution in [0.15, 0.2) is 0 Å². The van der Waals surface area contributed by atoms with Crippen molar-refractivity contribution >= 4 is 16.6 Å². The number of ketones is 1. The second-order valence-corrected chi connectivity index (χ2v) is 7.94. The van der Waals surface area contributed by atoms with Gasteiger partial charge in [0, 0.05) is 33.6 Å². The van der Waals surface area contributed by atoms with Gasteiger partial charge in [0.15, 0.2) is 0 Å². The molecule has 2 atom stereocenters. The van der Waals surface area contributed by atoms with Gasteiger partial charge in [-0.25, -0.2) is 0 Å². The van der Waals surface area contributed by atoms with Crippen LogP contribution in [0.3, 0.4) is 0 Å². The molecule has 0 aromatic heterocycles. The van der Waals surface area contributed by atoms with Gasteiger partial charge in [-0.15, -0.1) is 0 Å². The second-order valence-electron chi connectivity index (χ2n) is 5.95. The molecule has 0 aromatic rings. The molecule has 104 valence electrons. The Bertz CT molecular complexity index is 298. The smallest absolute Gasteiger partial charge is 0.136 e. The van der Waals surface area contributed by atoms with Gasteiger partial charge in [0.1, 0.15) is 5.78 Å². The summed E-state index contributed by atoms with van der Waals surface area (Å²) in [5.74, 6) is 0.694. The first kappa shape index (κ1) is 14.2. The Morgan fingerprint density at radius 3 is 2.39 bits per heavy atom. The zero-order chi connectivity index (χ0) is 13.0. The largest absolute Gasteiger partial charge is 0.299 e. The molecule has 2 unspecified atom stereocenters. The first-order chi connectivity index (χ1) is 8.72. The second kappa shape index (κ2) is 6.83. The highest BCUT2D eigenvalue weighted by atomic mass is 32.2. The van der Waals surface area contributed by atoms with Crippen LogP contribution in [0, 0.1) is 5.92 Å². The average Bonchev–Trinajstić information content (AvgIpc) is 2.34. The van der Waals surface area contributed by atoms with Gasteiger partial charge < -0.3 is 0 Å². The highest BCUT2D eigenvalue weighted by Crippen LogP contribution is 2.37. The van der Waals surface area contributed by atoms with Crippen LogP contribution in [0.2, 0.25) is 0 Å². The summed E-state index contributed by atoms with van der Waals surface area (Å²) in [4.78, 5) is 12.2. The fraction of sp³-hybridized carbons (Fsp3) is 0.933. The average molecular weight is 270 g/mol. The molecule has 0 radical (unpaired) electrons. The first-order valence-electron chi connectivity index (χ1n) is 7.64. The Hall–Kier alpha value is -0.180. The molecule has 0 aromatic carbocycles. The molecule has 2 saturated heterocycles. The summed E-state index contributed by atoms with van der Waals surface area (Å²) >= 11 is 0. The van der Waals surface area contributed by atoms with Crippen molar-refractivity contribution in [2.24, 2.45) is 5.92 Å². The molecule has 0 saturated carbocycles. The lowest BCUT2D eigenvalue weighted by Crippen LogP contribution is -2.41. The van der Waals surface area contributed by atoms with Crippen molar-refractivity contribution in [2.75, 3.05) is 0 Å². The van der Waals surface area contributed by atoms with Crippen LogP contribution in [-0.4, -0.2) is 20.5 Å². The van der Waals surface area contributed by atoms with E-state index in [-0.39, 0.29) is 5.92 Å². The molecule has 3 heteroatoms. The highest BCUT2D eigenvalue weighted by molar-refractivity contribution is 7.86. The minimum atomic E-state index is -0.634. The maximum atomic E-state index is 12.2. The van der Waals surface area contributed by atoms with Crippen molar-refractivity contribution in [1.29, 1.82) is 0 Å². The number of Topliss-reactive ketones (excluding diaryl/α,β-unsaturated/α-hetero) is 1. The van der Waals surface area contributed by atoms with Crippen LogP contribution in [0.1, 0.15) is 71.1 Å². The molecule has 18 heavy (non-hydrogen) atoms. The van der Waals surface area contributed by atoms with Crippen LogP contribution in [-0.2, 0) is 15.6 Å². The van der Waals surface area contributed by atoms with Crippen LogP contribution in [0.5, 0.6) is 0 Å². The summed E-state index contributed by atoms with van der Waals surface area (Å²) in [6, 6.07) is 0. The molecule has 2 nitrogen and oxygen atoms in total. The van der Waals surface area contributed by atoms with E-state index in [4.69, 9.17) is 0 Å². The van der Waals surface area contributed by atoms with Gasteiger partial charge in [-0.2, -0.15) is 0 Å². The van der Waals surface area contributed by atoms with E-state index in [0.717, 1.165) is 38.5 Å². The predicted molar refractivity (Wildman–Crippen MR) is 76.1 cm³/mol. The van der Waals surface area contributed by atoms with Crippen LogP contribution in [0.4, 0.5) is 0 Å². The number of fused-ring (bicyclic) bond motifs is 2. The minimum Gasteiger partial charge on any atom is -0.299 e. The number of rotatable bonds is 6. The van der Waals surface area contributed by atoms with Crippen molar-refractivity contribution in [3.8, 4) is 0 Å². The monoisotopic (exact) mass is 270 g/mol. The Morgan fingerprint density at radius 2 is 1.78 bits per heavy atom. The predicted octanol–water partition coefficient (Wildman–Crippen LogP) is 3.61. The molecule has 2 aliphatic rings. The summed E-state index contributed by atoms with van der Waals surface area (Å²) in [5, 5.41) is 0.671.